The number of amides is 1. The van der Waals surface area contributed by atoms with Gasteiger partial charge >= 0.3 is 0 Å². The molecule has 0 spiro atoms. The molecule has 1 unspecified atom stereocenters. The zero-order valence-corrected chi connectivity index (χ0v) is 9.17. The van der Waals surface area contributed by atoms with Gasteiger partial charge in [0.1, 0.15) is 0 Å². The van der Waals surface area contributed by atoms with Gasteiger partial charge in [0, 0.05) is 37.7 Å². The standard InChI is InChI=1S/C12H16N2O2/c15-9-10-2-1-7-14(8-10)12(16)11-3-5-13-6-4-11/h3-6,10,15H,1-2,7-9H2. The van der Waals surface area contributed by atoms with Crippen molar-refractivity contribution in [2.45, 2.75) is 12.8 Å². The molecule has 2 heterocycles. The molecule has 86 valence electrons. The van der Waals surface area contributed by atoms with Gasteiger partial charge in [0.25, 0.3) is 5.91 Å². The summed E-state index contributed by atoms with van der Waals surface area (Å²) in [6.45, 7) is 1.62. The highest BCUT2D eigenvalue weighted by molar-refractivity contribution is 5.94. The second-order valence-corrected chi connectivity index (χ2v) is 4.18. The van der Waals surface area contributed by atoms with Crippen LogP contribution in [0.1, 0.15) is 23.2 Å². The molecule has 1 amide bonds. The third kappa shape index (κ3) is 2.39. The number of hydrogen-bond donors (Lipinski definition) is 1. The first-order chi connectivity index (χ1) is 7.81. The van der Waals surface area contributed by atoms with E-state index in [1.807, 2.05) is 4.90 Å². The maximum atomic E-state index is 12.1. The Morgan fingerprint density at radius 1 is 1.50 bits per heavy atom. The van der Waals surface area contributed by atoms with E-state index in [0.717, 1.165) is 19.4 Å². The van der Waals surface area contributed by atoms with E-state index in [2.05, 4.69) is 4.98 Å². The maximum absolute atomic E-state index is 12.1. The molecule has 16 heavy (non-hydrogen) atoms. The van der Waals surface area contributed by atoms with Crippen molar-refractivity contribution in [3.63, 3.8) is 0 Å². The van der Waals surface area contributed by atoms with Crippen molar-refractivity contribution < 1.29 is 9.90 Å². The molecule has 0 radical (unpaired) electrons. The summed E-state index contributed by atoms with van der Waals surface area (Å²) in [7, 11) is 0. The smallest absolute Gasteiger partial charge is 0.253 e. The van der Waals surface area contributed by atoms with E-state index >= 15 is 0 Å². The largest absolute Gasteiger partial charge is 0.396 e. The van der Waals surface area contributed by atoms with Crippen LogP contribution in [0.4, 0.5) is 0 Å². The van der Waals surface area contributed by atoms with Gasteiger partial charge in [-0.25, -0.2) is 0 Å². The lowest BCUT2D eigenvalue weighted by Gasteiger charge is -2.31. The Labute approximate surface area is 94.9 Å². The number of hydrogen-bond acceptors (Lipinski definition) is 3. The van der Waals surface area contributed by atoms with Gasteiger partial charge in [0.15, 0.2) is 0 Å². The van der Waals surface area contributed by atoms with E-state index in [-0.39, 0.29) is 18.4 Å². The number of likely N-dealkylation sites (tertiary alicyclic amines) is 1. The lowest BCUT2D eigenvalue weighted by Crippen LogP contribution is -2.40. The normalized spacial score (nSPS) is 20.8. The first-order valence-electron chi connectivity index (χ1n) is 5.61. The van der Waals surface area contributed by atoms with Crippen molar-refractivity contribution >= 4 is 5.91 Å². The van der Waals surface area contributed by atoms with Gasteiger partial charge in [0.2, 0.25) is 0 Å². The first kappa shape index (κ1) is 11.1. The Kier molecular flexibility index (Phi) is 3.51. The Morgan fingerprint density at radius 3 is 2.94 bits per heavy atom. The molecule has 0 aliphatic carbocycles. The van der Waals surface area contributed by atoms with Crippen molar-refractivity contribution in [1.82, 2.24) is 9.88 Å². The van der Waals surface area contributed by atoms with E-state index in [9.17, 15) is 4.79 Å². The molecule has 1 saturated heterocycles. The number of nitrogens with zero attached hydrogens (tertiary/aromatic N) is 2. The van der Waals surface area contributed by atoms with E-state index in [4.69, 9.17) is 5.11 Å². The number of rotatable bonds is 2. The Bertz CT molecular complexity index is 353. The van der Waals surface area contributed by atoms with Crippen LogP contribution in [0.15, 0.2) is 24.5 Å². The monoisotopic (exact) mass is 220 g/mol. The fraction of sp³-hybridized carbons (Fsp3) is 0.500. The maximum Gasteiger partial charge on any atom is 0.253 e. The summed E-state index contributed by atoms with van der Waals surface area (Å²) < 4.78 is 0. The molecule has 1 aromatic rings. The summed E-state index contributed by atoms with van der Waals surface area (Å²) in [4.78, 5) is 17.8. The molecule has 4 heteroatoms. The lowest BCUT2D eigenvalue weighted by atomic mass is 9.98. The summed E-state index contributed by atoms with van der Waals surface area (Å²) >= 11 is 0. The Balaban J connectivity index is 2.05. The Morgan fingerprint density at radius 2 is 2.25 bits per heavy atom. The topological polar surface area (TPSA) is 53.4 Å². The number of carbonyl (C=O) groups excluding carboxylic acids is 1. The number of aliphatic hydroxyl groups excluding tert-OH is 1. The summed E-state index contributed by atoms with van der Waals surface area (Å²) in [6, 6.07) is 3.45. The SMILES string of the molecule is O=C(c1ccncc1)N1CCCC(CO)C1. The number of aromatic nitrogens is 1. The highest BCUT2D eigenvalue weighted by atomic mass is 16.3. The van der Waals surface area contributed by atoms with Gasteiger partial charge in [-0.05, 0) is 30.9 Å². The van der Waals surface area contributed by atoms with E-state index in [1.54, 1.807) is 24.5 Å². The van der Waals surface area contributed by atoms with E-state index in [1.165, 1.54) is 0 Å². The van der Waals surface area contributed by atoms with Gasteiger partial charge in [-0.2, -0.15) is 0 Å². The van der Waals surface area contributed by atoms with Crippen LogP contribution in [0.2, 0.25) is 0 Å². The van der Waals surface area contributed by atoms with E-state index < -0.39 is 0 Å². The van der Waals surface area contributed by atoms with Crippen molar-refractivity contribution in [1.29, 1.82) is 0 Å². The van der Waals surface area contributed by atoms with Crippen LogP contribution in [-0.4, -0.2) is 40.6 Å². The first-order valence-corrected chi connectivity index (χ1v) is 5.61. The van der Waals surface area contributed by atoms with Crippen molar-refractivity contribution in [3.05, 3.63) is 30.1 Å². The molecular formula is C12H16N2O2. The molecule has 1 aliphatic rings. The lowest BCUT2D eigenvalue weighted by molar-refractivity contribution is 0.0620. The highest BCUT2D eigenvalue weighted by Crippen LogP contribution is 2.17. The molecule has 1 aromatic heterocycles. The van der Waals surface area contributed by atoms with E-state index in [0.29, 0.717) is 12.1 Å². The zero-order valence-electron chi connectivity index (χ0n) is 9.17. The van der Waals surface area contributed by atoms with Crippen LogP contribution >= 0.6 is 0 Å². The average molecular weight is 220 g/mol. The van der Waals surface area contributed by atoms with Crippen LogP contribution in [0, 0.1) is 5.92 Å². The number of pyridine rings is 1. The molecule has 4 nitrogen and oxygen atoms in total. The molecule has 2 rings (SSSR count). The quantitative estimate of drug-likeness (QED) is 0.806. The van der Waals surface area contributed by atoms with Gasteiger partial charge < -0.3 is 10.0 Å². The summed E-state index contributed by atoms with van der Waals surface area (Å²) in [5.41, 5.74) is 0.675. The fourth-order valence-corrected chi connectivity index (χ4v) is 2.08. The molecule has 0 saturated carbocycles. The summed E-state index contributed by atoms with van der Waals surface area (Å²) in [5, 5.41) is 9.11. The van der Waals surface area contributed by atoms with Gasteiger partial charge in [-0.15, -0.1) is 0 Å². The third-order valence-electron chi connectivity index (χ3n) is 2.99. The summed E-state index contributed by atoms with van der Waals surface area (Å²) in [6.07, 6.45) is 5.24. The minimum Gasteiger partial charge on any atom is -0.396 e. The third-order valence-corrected chi connectivity index (χ3v) is 2.99. The zero-order chi connectivity index (χ0) is 11.4. The van der Waals surface area contributed by atoms with Gasteiger partial charge in [0.05, 0.1) is 0 Å². The van der Waals surface area contributed by atoms with Crippen LogP contribution in [0.3, 0.4) is 0 Å². The highest BCUT2D eigenvalue weighted by Gasteiger charge is 2.23. The van der Waals surface area contributed by atoms with Crippen LogP contribution < -0.4 is 0 Å². The molecule has 0 aromatic carbocycles. The molecule has 1 fully saturated rings. The van der Waals surface area contributed by atoms with Crippen molar-refractivity contribution in [3.8, 4) is 0 Å². The number of aliphatic hydroxyl groups is 1. The molecule has 1 N–H and O–H groups in total. The van der Waals surface area contributed by atoms with Gasteiger partial charge in [-0.3, -0.25) is 9.78 Å². The van der Waals surface area contributed by atoms with Crippen molar-refractivity contribution in [2.75, 3.05) is 19.7 Å². The second kappa shape index (κ2) is 5.07. The number of carbonyl (C=O) groups is 1. The van der Waals surface area contributed by atoms with Gasteiger partial charge in [-0.1, -0.05) is 0 Å². The average Bonchev–Trinajstić information content (AvgIpc) is 2.39. The minimum absolute atomic E-state index is 0.0422. The molecule has 1 aliphatic heterocycles. The predicted octanol–water partition coefficient (Wildman–Crippen LogP) is 0.926. The predicted molar refractivity (Wildman–Crippen MR) is 60.0 cm³/mol. The van der Waals surface area contributed by atoms with Crippen molar-refractivity contribution in [2.24, 2.45) is 5.92 Å². The summed E-state index contributed by atoms with van der Waals surface area (Å²) in [5.74, 6) is 0.278. The van der Waals surface area contributed by atoms with Crippen LogP contribution in [0.25, 0.3) is 0 Å². The van der Waals surface area contributed by atoms with Crippen LogP contribution in [0.5, 0.6) is 0 Å². The Hall–Kier alpha value is -1.42. The molecule has 1 atom stereocenters. The second-order valence-electron chi connectivity index (χ2n) is 4.18. The molecular weight excluding hydrogens is 204 g/mol. The minimum atomic E-state index is 0.0422. The van der Waals surface area contributed by atoms with Crippen LogP contribution in [-0.2, 0) is 0 Å². The number of piperidine rings is 1. The molecule has 0 bridgehead atoms. The fourth-order valence-electron chi connectivity index (χ4n) is 2.08.